The molecule has 0 bridgehead atoms. The summed E-state index contributed by atoms with van der Waals surface area (Å²) in [5.74, 6) is -0.537. The maximum atomic E-state index is 13.4. The fraction of sp³-hybridized carbons (Fsp3) is 0.462. The predicted molar refractivity (Wildman–Crippen MR) is 150 cm³/mol. The van der Waals surface area contributed by atoms with Crippen LogP contribution in [0.15, 0.2) is 42.5 Å². The molecule has 2 amide bonds. The quantitative estimate of drug-likeness (QED) is 0.367. The van der Waals surface area contributed by atoms with E-state index in [9.17, 15) is 18.0 Å². The lowest BCUT2D eigenvalue weighted by molar-refractivity contribution is -0.140. The summed E-state index contributed by atoms with van der Waals surface area (Å²) >= 11 is 18.8. The number of sulfonamides is 1. The third kappa shape index (κ3) is 8.24. The van der Waals surface area contributed by atoms with Crippen LogP contribution >= 0.6 is 34.8 Å². The zero-order valence-corrected chi connectivity index (χ0v) is 24.0. The van der Waals surface area contributed by atoms with Gasteiger partial charge in [-0.15, -0.1) is 0 Å². The van der Waals surface area contributed by atoms with Gasteiger partial charge in [0, 0.05) is 46.2 Å². The molecule has 0 unspecified atom stereocenters. The molecule has 1 saturated carbocycles. The van der Waals surface area contributed by atoms with Crippen LogP contribution < -0.4 is 9.62 Å². The van der Waals surface area contributed by atoms with Crippen LogP contribution in [0, 0.1) is 0 Å². The van der Waals surface area contributed by atoms with Crippen LogP contribution in [-0.2, 0) is 26.2 Å². The Labute approximate surface area is 234 Å². The van der Waals surface area contributed by atoms with Crippen molar-refractivity contribution in [2.45, 2.75) is 64.1 Å². The van der Waals surface area contributed by atoms with Gasteiger partial charge in [-0.3, -0.25) is 13.9 Å². The molecular formula is C26H32Cl3N3O4S. The number of carbonyl (C=O) groups is 2. The van der Waals surface area contributed by atoms with Gasteiger partial charge in [0.05, 0.1) is 11.9 Å². The van der Waals surface area contributed by atoms with Crippen molar-refractivity contribution < 1.29 is 18.0 Å². The van der Waals surface area contributed by atoms with E-state index < -0.39 is 16.1 Å². The minimum absolute atomic E-state index is 0.0235. The van der Waals surface area contributed by atoms with Crippen molar-refractivity contribution in [2.75, 3.05) is 17.1 Å². The van der Waals surface area contributed by atoms with E-state index in [2.05, 4.69) is 5.32 Å². The molecule has 0 spiro atoms. The lowest BCUT2D eigenvalue weighted by Crippen LogP contribution is -2.49. The second kappa shape index (κ2) is 13.2. The molecule has 1 N–H and O–H groups in total. The number of hydrogen-bond donors (Lipinski definition) is 1. The molecule has 1 aliphatic rings. The van der Waals surface area contributed by atoms with Crippen molar-refractivity contribution in [3.8, 4) is 0 Å². The summed E-state index contributed by atoms with van der Waals surface area (Å²) in [5, 5.41) is 4.26. The van der Waals surface area contributed by atoms with Crippen LogP contribution in [0.25, 0.3) is 0 Å². The Morgan fingerprint density at radius 3 is 2.27 bits per heavy atom. The lowest BCUT2D eigenvalue weighted by atomic mass is 10.1. The van der Waals surface area contributed by atoms with E-state index in [1.165, 1.54) is 9.21 Å². The van der Waals surface area contributed by atoms with Crippen molar-refractivity contribution in [1.29, 1.82) is 0 Å². The number of nitrogens with zero attached hydrogens (tertiary/aromatic N) is 2. The minimum Gasteiger partial charge on any atom is -0.352 e. The molecule has 0 aliphatic heterocycles. The molecular weight excluding hydrogens is 557 g/mol. The number of amides is 2. The van der Waals surface area contributed by atoms with E-state index in [0.29, 0.717) is 26.3 Å². The first-order valence-corrected chi connectivity index (χ1v) is 15.2. The van der Waals surface area contributed by atoms with Gasteiger partial charge in [0.1, 0.15) is 6.04 Å². The summed E-state index contributed by atoms with van der Waals surface area (Å²) in [7, 11) is -3.61. The van der Waals surface area contributed by atoms with E-state index in [1.54, 1.807) is 49.4 Å². The first kappa shape index (κ1) is 29.6. The maximum Gasteiger partial charge on any atom is 0.242 e. The van der Waals surface area contributed by atoms with Crippen molar-refractivity contribution in [3.05, 3.63) is 63.1 Å². The van der Waals surface area contributed by atoms with Gasteiger partial charge in [0.25, 0.3) is 0 Å². The van der Waals surface area contributed by atoms with Gasteiger partial charge < -0.3 is 10.2 Å². The maximum absolute atomic E-state index is 13.4. The highest BCUT2D eigenvalue weighted by atomic mass is 35.5. The Hall–Kier alpha value is -2.00. The largest absolute Gasteiger partial charge is 0.352 e. The first-order valence-electron chi connectivity index (χ1n) is 12.2. The summed E-state index contributed by atoms with van der Waals surface area (Å²) in [6, 6.07) is 11.0. The van der Waals surface area contributed by atoms with E-state index in [4.69, 9.17) is 34.8 Å². The number of anilines is 1. The van der Waals surface area contributed by atoms with Gasteiger partial charge in [0.2, 0.25) is 21.8 Å². The van der Waals surface area contributed by atoms with Crippen LogP contribution in [0.3, 0.4) is 0 Å². The van der Waals surface area contributed by atoms with E-state index in [-0.39, 0.29) is 43.8 Å². The fourth-order valence-electron chi connectivity index (χ4n) is 4.46. The highest BCUT2D eigenvalue weighted by molar-refractivity contribution is 7.92. The Bertz CT molecular complexity index is 1200. The van der Waals surface area contributed by atoms with Crippen LogP contribution in [0.5, 0.6) is 0 Å². The van der Waals surface area contributed by atoms with Crippen LogP contribution in [0.4, 0.5) is 5.69 Å². The molecule has 37 heavy (non-hydrogen) atoms. The average Bonchev–Trinajstić information content (AvgIpc) is 3.33. The third-order valence-electron chi connectivity index (χ3n) is 6.51. The van der Waals surface area contributed by atoms with Crippen LogP contribution in [0.1, 0.15) is 51.0 Å². The third-order valence-corrected chi connectivity index (χ3v) is 8.64. The van der Waals surface area contributed by atoms with Crippen LogP contribution in [-0.4, -0.2) is 50.0 Å². The van der Waals surface area contributed by atoms with Crippen molar-refractivity contribution in [3.63, 3.8) is 0 Å². The van der Waals surface area contributed by atoms with Crippen LogP contribution in [0.2, 0.25) is 15.1 Å². The second-order valence-electron chi connectivity index (χ2n) is 9.31. The summed E-state index contributed by atoms with van der Waals surface area (Å²) < 4.78 is 26.1. The van der Waals surface area contributed by atoms with E-state index >= 15 is 0 Å². The number of rotatable bonds is 11. The van der Waals surface area contributed by atoms with Gasteiger partial charge >= 0.3 is 0 Å². The molecule has 7 nitrogen and oxygen atoms in total. The van der Waals surface area contributed by atoms with Crippen molar-refractivity contribution in [1.82, 2.24) is 10.2 Å². The number of carbonyl (C=O) groups excluding carboxylic acids is 2. The second-order valence-corrected chi connectivity index (χ2v) is 12.5. The fourth-order valence-corrected chi connectivity index (χ4v) is 6.12. The molecule has 3 rings (SSSR count). The molecule has 2 aromatic carbocycles. The molecule has 0 heterocycles. The number of nitrogens with one attached hydrogen (secondary N) is 1. The minimum atomic E-state index is -3.61. The van der Waals surface area contributed by atoms with Gasteiger partial charge in [-0.2, -0.15) is 0 Å². The first-order chi connectivity index (χ1) is 17.5. The average molecular weight is 589 g/mol. The number of halogens is 3. The molecule has 202 valence electrons. The highest BCUT2D eigenvalue weighted by Gasteiger charge is 2.29. The smallest absolute Gasteiger partial charge is 0.242 e. The molecule has 0 radical (unpaired) electrons. The summed E-state index contributed by atoms with van der Waals surface area (Å²) in [4.78, 5) is 28.0. The molecule has 1 fully saturated rings. The zero-order chi connectivity index (χ0) is 27.2. The summed E-state index contributed by atoms with van der Waals surface area (Å²) in [6.45, 7) is 1.82. The normalized spacial score (nSPS) is 14.8. The Morgan fingerprint density at radius 1 is 1.05 bits per heavy atom. The van der Waals surface area contributed by atoms with Gasteiger partial charge in [-0.1, -0.05) is 59.8 Å². The monoisotopic (exact) mass is 587 g/mol. The standard InChI is InChI=1S/C26H32Cl3N3O4S/c1-18(26(34)30-20-9-3-4-10-20)31(17-22-23(28)12-6-13-24(22)29)25(33)14-7-15-32(37(2,35)36)21-11-5-8-19(27)16-21/h5-6,8,11-13,16,18,20H,3-4,7,9-10,14-15,17H2,1-2H3,(H,30,34)/t18-/m1/s1. The Kier molecular flexibility index (Phi) is 10.5. The van der Waals surface area contributed by atoms with Crippen molar-refractivity contribution in [2.24, 2.45) is 0 Å². The van der Waals surface area contributed by atoms with Gasteiger partial charge in [-0.05, 0) is 56.5 Å². The Balaban J connectivity index is 1.76. The molecule has 2 aromatic rings. The molecule has 0 saturated heterocycles. The van der Waals surface area contributed by atoms with Gasteiger partial charge in [0.15, 0.2) is 0 Å². The number of hydrogen-bond acceptors (Lipinski definition) is 4. The summed E-state index contributed by atoms with van der Waals surface area (Å²) in [5.41, 5.74) is 0.975. The Morgan fingerprint density at radius 2 is 1.68 bits per heavy atom. The molecule has 1 aliphatic carbocycles. The van der Waals surface area contributed by atoms with Gasteiger partial charge in [-0.25, -0.2) is 8.42 Å². The molecule has 0 aromatic heterocycles. The van der Waals surface area contributed by atoms with Crippen molar-refractivity contribution >= 4 is 62.3 Å². The number of benzene rings is 2. The zero-order valence-electron chi connectivity index (χ0n) is 20.9. The molecule has 11 heteroatoms. The SMILES string of the molecule is C[C@H](C(=O)NC1CCCC1)N(Cc1c(Cl)cccc1Cl)C(=O)CCCN(c1cccc(Cl)c1)S(C)(=O)=O. The summed E-state index contributed by atoms with van der Waals surface area (Å²) in [6.07, 6.45) is 5.36. The van der Waals surface area contributed by atoms with E-state index in [0.717, 1.165) is 31.9 Å². The highest BCUT2D eigenvalue weighted by Crippen LogP contribution is 2.28. The van der Waals surface area contributed by atoms with E-state index in [1.807, 2.05) is 0 Å². The molecule has 1 atom stereocenters. The predicted octanol–water partition coefficient (Wildman–Crippen LogP) is 5.67. The lowest BCUT2D eigenvalue weighted by Gasteiger charge is -2.30. The topological polar surface area (TPSA) is 86.8 Å².